The lowest BCUT2D eigenvalue weighted by atomic mass is 9.86. The fourth-order valence-electron chi connectivity index (χ4n) is 2.36. The number of carbonyl (C=O) groups excluding carboxylic acids is 1. The first-order valence-electron chi connectivity index (χ1n) is 6.70. The fraction of sp³-hybridized carbons (Fsp3) is 0.786. The summed E-state index contributed by atoms with van der Waals surface area (Å²) < 4.78 is 0. The molecule has 2 nitrogen and oxygen atoms in total. The Morgan fingerprint density at radius 1 is 1.31 bits per heavy atom. The van der Waals surface area contributed by atoms with Crippen molar-refractivity contribution in [2.75, 3.05) is 6.54 Å². The van der Waals surface area contributed by atoms with Crippen LogP contribution in [0.25, 0.3) is 0 Å². The summed E-state index contributed by atoms with van der Waals surface area (Å²) in [5, 5.41) is 2.97. The Morgan fingerprint density at radius 2 is 2.06 bits per heavy atom. The highest BCUT2D eigenvalue weighted by molar-refractivity contribution is 5.75. The molecule has 0 heterocycles. The number of hydrogen-bond acceptors (Lipinski definition) is 1. The van der Waals surface area contributed by atoms with Gasteiger partial charge in [0.25, 0.3) is 0 Å². The minimum Gasteiger partial charge on any atom is -0.356 e. The third kappa shape index (κ3) is 5.94. The quantitative estimate of drug-likeness (QED) is 0.542. The van der Waals surface area contributed by atoms with E-state index in [1.54, 1.807) is 0 Å². The number of rotatable bonds is 6. The summed E-state index contributed by atoms with van der Waals surface area (Å²) in [7, 11) is 0. The standard InChI is InChI=1S/C14H25NO/c1-2-3-7-12-15-14(16)11-10-13-8-5-4-6-9-13/h2-3,13H,4-12H2,1H3,(H,15,16)/b3-2+. The average Bonchev–Trinajstić information content (AvgIpc) is 2.33. The summed E-state index contributed by atoms with van der Waals surface area (Å²) in [6, 6.07) is 0. The monoisotopic (exact) mass is 223 g/mol. The summed E-state index contributed by atoms with van der Waals surface area (Å²) in [5.41, 5.74) is 0. The van der Waals surface area contributed by atoms with Gasteiger partial charge in [0.15, 0.2) is 0 Å². The van der Waals surface area contributed by atoms with Gasteiger partial charge in [-0.25, -0.2) is 0 Å². The van der Waals surface area contributed by atoms with Crippen molar-refractivity contribution < 1.29 is 4.79 Å². The van der Waals surface area contributed by atoms with E-state index in [2.05, 4.69) is 11.4 Å². The fourth-order valence-corrected chi connectivity index (χ4v) is 2.36. The van der Waals surface area contributed by atoms with Gasteiger partial charge in [-0.05, 0) is 25.7 Å². The topological polar surface area (TPSA) is 29.1 Å². The van der Waals surface area contributed by atoms with Crippen LogP contribution in [0.3, 0.4) is 0 Å². The molecule has 92 valence electrons. The summed E-state index contributed by atoms with van der Waals surface area (Å²) in [6.45, 7) is 2.79. The van der Waals surface area contributed by atoms with E-state index < -0.39 is 0 Å². The molecule has 0 saturated heterocycles. The van der Waals surface area contributed by atoms with Gasteiger partial charge in [0.1, 0.15) is 0 Å². The minimum absolute atomic E-state index is 0.232. The van der Waals surface area contributed by atoms with Gasteiger partial charge in [-0.15, -0.1) is 0 Å². The van der Waals surface area contributed by atoms with E-state index in [4.69, 9.17) is 0 Å². The molecule has 2 heteroatoms. The van der Waals surface area contributed by atoms with Gasteiger partial charge >= 0.3 is 0 Å². The van der Waals surface area contributed by atoms with Crippen LogP contribution in [0.4, 0.5) is 0 Å². The maximum atomic E-state index is 11.5. The number of allylic oxidation sites excluding steroid dienone is 1. The van der Waals surface area contributed by atoms with Crippen LogP contribution in [0.2, 0.25) is 0 Å². The second-order valence-electron chi connectivity index (χ2n) is 4.75. The first-order valence-corrected chi connectivity index (χ1v) is 6.70. The molecule has 0 atom stereocenters. The second-order valence-corrected chi connectivity index (χ2v) is 4.75. The van der Waals surface area contributed by atoms with E-state index in [9.17, 15) is 4.79 Å². The van der Waals surface area contributed by atoms with Crippen molar-refractivity contribution >= 4 is 5.91 Å². The van der Waals surface area contributed by atoms with Crippen molar-refractivity contribution in [2.24, 2.45) is 5.92 Å². The minimum atomic E-state index is 0.232. The van der Waals surface area contributed by atoms with Crippen LogP contribution in [0.1, 0.15) is 58.3 Å². The van der Waals surface area contributed by atoms with Crippen molar-refractivity contribution in [3.63, 3.8) is 0 Å². The Balaban J connectivity index is 2.00. The summed E-state index contributed by atoms with van der Waals surface area (Å²) >= 11 is 0. The molecule has 0 unspecified atom stereocenters. The molecule has 0 radical (unpaired) electrons. The van der Waals surface area contributed by atoms with Crippen LogP contribution >= 0.6 is 0 Å². The van der Waals surface area contributed by atoms with Crippen LogP contribution in [0, 0.1) is 5.92 Å². The number of carbonyl (C=O) groups is 1. The molecule has 1 aliphatic rings. The summed E-state index contributed by atoms with van der Waals surface area (Å²) in [4.78, 5) is 11.5. The van der Waals surface area contributed by atoms with Gasteiger partial charge in [-0.1, -0.05) is 44.3 Å². The predicted octanol–water partition coefficient (Wildman–Crippen LogP) is 3.43. The molecule has 0 spiro atoms. The van der Waals surface area contributed by atoms with Crippen LogP contribution in [-0.4, -0.2) is 12.5 Å². The third-order valence-electron chi connectivity index (χ3n) is 3.37. The Kier molecular flexibility index (Phi) is 6.95. The van der Waals surface area contributed by atoms with Crippen LogP contribution < -0.4 is 5.32 Å². The van der Waals surface area contributed by atoms with Gasteiger partial charge in [-0.3, -0.25) is 4.79 Å². The molecule has 1 aliphatic carbocycles. The lowest BCUT2D eigenvalue weighted by Crippen LogP contribution is -2.24. The van der Waals surface area contributed by atoms with Crippen molar-refractivity contribution in [1.29, 1.82) is 0 Å². The molecular formula is C14H25NO. The molecule has 0 aromatic carbocycles. The van der Waals surface area contributed by atoms with Gasteiger partial charge in [0, 0.05) is 13.0 Å². The molecule has 1 amide bonds. The van der Waals surface area contributed by atoms with Crippen molar-refractivity contribution in [3.05, 3.63) is 12.2 Å². The van der Waals surface area contributed by atoms with Crippen molar-refractivity contribution in [2.45, 2.75) is 58.3 Å². The van der Waals surface area contributed by atoms with Gasteiger partial charge in [0.05, 0.1) is 0 Å². The zero-order chi connectivity index (χ0) is 11.6. The summed E-state index contributed by atoms with van der Waals surface area (Å²) in [6.07, 6.45) is 13.7. The molecule has 0 aromatic heterocycles. The lowest BCUT2D eigenvalue weighted by Gasteiger charge is -2.20. The Hall–Kier alpha value is -0.790. The largest absolute Gasteiger partial charge is 0.356 e. The van der Waals surface area contributed by atoms with E-state index in [1.165, 1.54) is 32.1 Å². The number of amides is 1. The normalized spacial score (nSPS) is 17.8. The zero-order valence-corrected chi connectivity index (χ0v) is 10.5. The Morgan fingerprint density at radius 3 is 2.75 bits per heavy atom. The molecule has 1 fully saturated rings. The molecule has 0 aromatic rings. The zero-order valence-electron chi connectivity index (χ0n) is 10.5. The predicted molar refractivity (Wildman–Crippen MR) is 68.2 cm³/mol. The van der Waals surface area contributed by atoms with Crippen molar-refractivity contribution in [1.82, 2.24) is 5.32 Å². The lowest BCUT2D eigenvalue weighted by molar-refractivity contribution is -0.121. The van der Waals surface area contributed by atoms with Crippen LogP contribution in [-0.2, 0) is 4.79 Å². The van der Waals surface area contributed by atoms with E-state index >= 15 is 0 Å². The van der Waals surface area contributed by atoms with E-state index in [1.807, 2.05) is 13.0 Å². The Labute approximate surface area is 99.5 Å². The number of nitrogens with one attached hydrogen (secondary N) is 1. The first kappa shape index (κ1) is 13.3. The molecule has 16 heavy (non-hydrogen) atoms. The van der Waals surface area contributed by atoms with Crippen LogP contribution in [0.15, 0.2) is 12.2 Å². The van der Waals surface area contributed by atoms with E-state index in [0.29, 0.717) is 0 Å². The highest BCUT2D eigenvalue weighted by Crippen LogP contribution is 2.27. The molecule has 0 aliphatic heterocycles. The van der Waals surface area contributed by atoms with Gasteiger partial charge < -0.3 is 5.32 Å². The smallest absolute Gasteiger partial charge is 0.220 e. The summed E-state index contributed by atoms with van der Waals surface area (Å²) in [5.74, 6) is 1.05. The highest BCUT2D eigenvalue weighted by Gasteiger charge is 2.14. The molecule has 1 saturated carbocycles. The van der Waals surface area contributed by atoms with Gasteiger partial charge in [-0.2, -0.15) is 0 Å². The Bertz CT molecular complexity index is 217. The second kappa shape index (κ2) is 8.37. The molecule has 1 rings (SSSR count). The van der Waals surface area contributed by atoms with Crippen LogP contribution in [0.5, 0.6) is 0 Å². The first-order chi connectivity index (χ1) is 7.83. The number of hydrogen-bond donors (Lipinski definition) is 1. The maximum absolute atomic E-state index is 11.5. The molecule has 1 N–H and O–H groups in total. The van der Waals surface area contributed by atoms with E-state index in [-0.39, 0.29) is 5.91 Å². The highest BCUT2D eigenvalue weighted by atomic mass is 16.1. The SMILES string of the molecule is C/C=C/CCNC(=O)CCC1CCCCC1. The van der Waals surface area contributed by atoms with Gasteiger partial charge in [0.2, 0.25) is 5.91 Å². The average molecular weight is 223 g/mol. The molecular weight excluding hydrogens is 198 g/mol. The maximum Gasteiger partial charge on any atom is 0.220 e. The molecule has 0 bridgehead atoms. The van der Waals surface area contributed by atoms with Crippen molar-refractivity contribution in [3.8, 4) is 0 Å². The third-order valence-corrected chi connectivity index (χ3v) is 3.37. The van der Waals surface area contributed by atoms with E-state index in [0.717, 1.165) is 31.7 Å².